The summed E-state index contributed by atoms with van der Waals surface area (Å²) in [6.07, 6.45) is 0. The third-order valence-corrected chi connectivity index (χ3v) is 0. The molecule has 0 bridgehead atoms. The van der Waals surface area contributed by atoms with Gasteiger partial charge in [0.2, 0.25) is 0 Å². The second kappa shape index (κ2) is 32.9. The van der Waals surface area contributed by atoms with Crippen LogP contribution in [0.3, 0.4) is 0 Å². The van der Waals surface area contributed by atoms with Gasteiger partial charge in [-0.1, -0.05) is 26.1 Å². The van der Waals surface area contributed by atoms with Gasteiger partial charge in [0.15, 0.2) is 0 Å². The van der Waals surface area contributed by atoms with Crippen LogP contribution in [0.4, 0.5) is 0 Å². The summed E-state index contributed by atoms with van der Waals surface area (Å²) in [7, 11) is 0. The molecule has 0 fully saturated rings. The van der Waals surface area contributed by atoms with Crippen molar-refractivity contribution >= 4 is 17.6 Å². The highest BCUT2D eigenvalue weighted by molar-refractivity contribution is 7.78. The van der Waals surface area contributed by atoms with Crippen molar-refractivity contribution in [1.82, 2.24) is 0 Å². The summed E-state index contributed by atoms with van der Waals surface area (Å²) >= 11 is 4.27. The van der Waals surface area contributed by atoms with Crippen LogP contribution in [0.15, 0.2) is 0 Å². The van der Waals surface area contributed by atoms with Crippen LogP contribution in [0.5, 0.6) is 0 Å². The number of thiocarbonyl (C=S) groups is 1. The van der Waals surface area contributed by atoms with Gasteiger partial charge in [-0.3, -0.25) is 0 Å². The molecule has 0 nitrogen and oxygen atoms in total. The van der Waals surface area contributed by atoms with Crippen molar-refractivity contribution in [1.29, 1.82) is 0 Å². The molecule has 0 aliphatic heterocycles. The molecule has 0 N–H and O–H groups in total. The van der Waals surface area contributed by atoms with E-state index >= 15 is 0 Å². The van der Waals surface area contributed by atoms with Crippen molar-refractivity contribution in [3.63, 3.8) is 0 Å². The Labute approximate surface area is 40.7 Å². The zero-order chi connectivity index (χ0) is 4.71. The first-order valence-electron chi connectivity index (χ1n) is 1.81. The molecule has 0 saturated carbocycles. The summed E-state index contributed by atoms with van der Waals surface area (Å²) in [6, 6.07) is 0. The van der Waals surface area contributed by atoms with Crippen molar-refractivity contribution in [3.05, 3.63) is 0 Å². The van der Waals surface area contributed by atoms with Crippen LogP contribution in [-0.4, -0.2) is 5.37 Å². The topological polar surface area (TPSA) is 0 Å². The summed E-state index contributed by atoms with van der Waals surface area (Å²) in [6.45, 7) is 5.81. The fraction of sp³-hybridized carbons (Fsp3) is 0.750. The van der Waals surface area contributed by atoms with E-state index in [9.17, 15) is 0 Å². The fourth-order valence-corrected chi connectivity index (χ4v) is 0. The minimum atomic E-state index is 0. The van der Waals surface area contributed by atoms with E-state index < -0.39 is 0 Å². The predicted molar refractivity (Wildman–Crippen MR) is 32.8 cm³/mol. The average molecular weight is 94.2 g/mol. The third kappa shape index (κ3) is 2210. The smallest absolute Gasteiger partial charge is 0 e. The SMILES string of the molecule is CC.CC=S.[3HH]. The Morgan fingerprint density at radius 1 is 1.60 bits per heavy atom. The molecule has 0 unspecified atom stereocenters. The minimum Gasteiger partial charge on any atom is -0.0938 e. The van der Waals surface area contributed by atoms with Crippen LogP contribution in [0.1, 0.15) is 22.2 Å². The van der Waals surface area contributed by atoms with Crippen LogP contribution >= 0.6 is 12.2 Å². The molecule has 0 rings (SSSR count). The quantitative estimate of drug-likeness (QED) is 0.415. The van der Waals surface area contributed by atoms with Gasteiger partial charge in [0.05, 0.1) is 0 Å². The van der Waals surface area contributed by atoms with Gasteiger partial charge in [-0.15, -0.1) is 0 Å². The molecule has 0 amide bonds. The normalized spacial score (nSPS) is 3.80. The maximum atomic E-state index is 4.27. The Kier molecular flexibility index (Phi) is 58.6. The molecule has 5 heavy (non-hydrogen) atoms. The zero-order valence-corrected chi connectivity index (χ0v) is 4.80. The molecular formula is C4H12S. The largest absolute Gasteiger partial charge is 0.0938 e. The van der Waals surface area contributed by atoms with Crippen molar-refractivity contribution in [2.45, 2.75) is 20.8 Å². The van der Waals surface area contributed by atoms with E-state index in [1.54, 1.807) is 5.37 Å². The first-order valence-corrected chi connectivity index (χ1v) is 2.28. The van der Waals surface area contributed by atoms with Crippen LogP contribution < -0.4 is 0 Å². The molecular weight excluding hydrogens is 80.1 g/mol. The average Bonchev–Trinajstić information content (AvgIpc) is 1.46. The van der Waals surface area contributed by atoms with E-state index in [2.05, 4.69) is 12.2 Å². The van der Waals surface area contributed by atoms with E-state index in [0.717, 1.165) is 0 Å². The van der Waals surface area contributed by atoms with Gasteiger partial charge in [-0.25, -0.2) is 0 Å². The predicted octanol–water partition coefficient (Wildman–Crippen LogP) is 2.28. The Morgan fingerprint density at radius 2 is 1.60 bits per heavy atom. The van der Waals surface area contributed by atoms with Crippen molar-refractivity contribution in [2.75, 3.05) is 0 Å². The molecule has 0 aromatic heterocycles. The Bertz CT molecular complexity index is 15.0. The van der Waals surface area contributed by atoms with Gasteiger partial charge < -0.3 is 0 Å². The molecule has 1 heteroatoms. The van der Waals surface area contributed by atoms with Crippen molar-refractivity contribution in [2.24, 2.45) is 0 Å². The summed E-state index contributed by atoms with van der Waals surface area (Å²) in [5.74, 6) is 0. The highest BCUT2D eigenvalue weighted by atomic mass is 32.1. The molecule has 0 radical (unpaired) electrons. The lowest BCUT2D eigenvalue weighted by Gasteiger charge is -1.26. The number of hydrogen-bond donors (Lipinski definition) is 0. The van der Waals surface area contributed by atoms with Crippen LogP contribution in [0, 0.1) is 0 Å². The molecule has 0 atom stereocenters. The summed E-state index contributed by atoms with van der Waals surface area (Å²) in [4.78, 5) is 0. The molecule has 0 heterocycles. The minimum absolute atomic E-state index is 0. The molecule has 34 valence electrons. The van der Waals surface area contributed by atoms with Gasteiger partial charge in [0.25, 0.3) is 0 Å². The first-order chi connectivity index (χ1) is 2.41. The second-order valence-corrected chi connectivity index (χ2v) is 0.707. The fourth-order valence-electron chi connectivity index (χ4n) is 0. The van der Waals surface area contributed by atoms with E-state index in [0.29, 0.717) is 0 Å². The highest BCUT2D eigenvalue weighted by Crippen LogP contribution is 1.32. The molecule has 0 aromatic carbocycles. The number of hydrogen-bond acceptors (Lipinski definition) is 1. The van der Waals surface area contributed by atoms with Gasteiger partial charge in [0.1, 0.15) is 0 Å². The molecule has 0 saturated heterocycles. The van der Waals surface area contributed by atoms with E-state index in [4.69, 9.17) is 0 Å². The molecule has 0 aliphatic rings. The second-order valence-electron chi connectivity index (χ2n) is 0.236. The molecule has 0 spiro atoms. The van der Waals surface area contributed by atoms with Crippen molar-refractivity contribution in [3.8, 4) is 0 Å². The van der Waals surface area contributed by atoms with Crippen LogP contribution in [-0.2, 0) is 0 Å². The van der Waals surface area contributed by atoms with Crippen LogP contribution in [0.2, 0.25) is 0 Å². The van der Waals surface area contributed by atoms with Crippen molar-refractivity contribution < 1.29 is 1.43 Å². The summed E-state index contributed by atoms with van der Waals surface area (Å²) in [5, 5.41) is 1.58. The van der Waals surface area contributed by atoms with E-state index in [1.807, 2.05) is 20.8 Å². The lowest BCUT2D eigenvalue weighted by Crippen LogP contribution is -1.26. The van der Waals surface area contributed by atoms with Gasteiger partial charge in [-0.05, 0) is 12.3 Å². The van der Waals surface area contributed by atoms with Gasteiger partial charge in [0, 0.05) is 1.43 Å². The monoisotopic (exact) mass is 94.1 g/mol. The lowest BCUT2D eigenvalue weighted by molar-refractivity contribution is 1.50. The molecule has 0 aliphatic carbocycles. The molecule has 0 aromatic rings. The Hall–Kier alpha value is 0.0900. The van der Waals surface area contributed by atoms with Gasteiger partial charge >= 0.3 is 0 Å². The summed E-state index contributed by atoms with van der Waals surface area (Å²) in [5.41, 5.74) is 0. The first kappa shape index (κ1) is 8.92. The highest BCUT2D eigenvalue weighted by Gasteiger charge is 1.19. The summed E-state index contributed by atoms with van der Waals surface area (Å²) < 4.78 is 0. The van der Waals surface area contributed by atoms with E-state index in [-0.39, 0.29) is 1.43 Å². The standard InChI is InChI=1S/C2H4S.C2H6.H2/c1-2-3;1-2;/h2H,1H3;1-2H3;1H/i;;1+2. The number of rotatable bonds is 0. The Morgan fingerprint density at radius 3 is 1.60 bits per heavy atom. The van der Waals surface area contributed by atoms with Gasteiger partial charge in [-0.2, -0.15) is 0 Å². The van der Waals surface area contributed by atoms with E-state index in [1.165, 1.54) is 0 Å². The third-order valence-electron chi connectivity index (χ3n) is 0. The zero-order valence-electron chi connectivity index (χ0n) is 3.99. The maximum Gasteiger partial charge on any atom is 0 e. The maximum absolute atomic E-state index is 4.27. The van der Waals surface area contributed by atoms with Crippen LogP contribution in [0.25, 0.3) is 0 Å². The Balaban J connectivity index is -0.0000000275. The lowest BCUT2D eigenvalue weighted by atomic mass is 11.0.